The van der Waals surface area contributed by atoms with Crippen molar-refractivity contribution in [2.45, 2.75) is 26.4 Å². The lowest BCUT2D eigenvalue weighted by molar-refractivity contribution is 0.731. The minimum absolute atomic E-state index is 0.488. The smallest absolute Gasteiger partial charge is 0.114 e. The fourth-order valence-electron chi connectivity index (χ4n) is 2.74. The molecule has 2 N–H and O–H groups in total. The minimum Gasteiger partial charge on any atom is -0.328 e. The van der Waals surface area contributed by atoms with E-state index in [0.717, 1.165) is 34.9 Å². The number of imidazole rings is 1. The molecule has 0 saturated carbocycles. The van der Waals surface area contributed by atoms with Crippen LogP contribution in [0.3, 0.4) is 0 Å². The van der Waals surface area contributed by atoms with E-state index in [9.17, 15) is 0 Å². The van der Waals surface area contributed by atoms with Crippen molar-refractivity contribution in [3.63, 3.8) is 0 Å². The number of hydrogen-bond donors (Lipinski definition) is 1. The third kappa shape index (κ3) is 2.67. The van der Waals surface area contributed by atoms with Gasteiger partial charge >= 0.3 is 0 Å². The van der Waals surface area contributed by atoms with Crippen molar-refractivity contribution in [3.8, 4) is 0 Å². The van der Waals surface area contributed by atoms with E-state index in [2.05, 4.69) is 23.6 Å². The number of fused-ring (bicyclic) bond motifs is 1. The lowest BCUT2D eigenvalue weighted by atomic mass is 10.0. The van der Waals surface area contributed by atoms with E-state index >= 15 is 0 Å². The molecular weight excluding hydrogens is 282 g/mol. The summed E-state index contributed by atoms with van der Waals surface area (Å²) in [4.78, 5) is 4.77. The number of benzene rings is 2. The quantitative estimate of drug-likeness (QED) is 0.797. The van der Waals surface area contributed by atoms with Crippen molar-refractivity contribution in [2.75, 3.05) is 0 Å². The number of aromatic nitrogens is 2. The van der Waals surface area contributed by atoms with Crippen LogP contribution in [0.2, 0.25) is 5.02 Å². The van der Waals surface area contributed by atoms with Gasteiger partial charge in [-0.1, -0.05) is 29.8 Å². The first kappa shape index (κ1) is 14.1. The van der Waals surface area contributed by atoms with Crippen molar-refractivity contribution in [1.29, 1.82) is 0 Å². The molecule has 4 heteroatoms. The lowest BCUT2D eigenvalue weighted by Crippen LogP contribution is -2.06. The van der Waals surface area contributed by atoms with Crippen molar-refractivity contribution < 1.29 is 0 Å². The van der Waals surface area contributed by atoms with Crippen LogP contribution in [-0.4, -0.2) is 9.55 Å². The highest BCUT2D eigenvalue weighted by atomic mass is 35.5. The Morgan fingerprint density at radius 2 is 1.95 bits per heavy atom. The Morgan fingerprint density at radius 1 is 1.14 bits per heavy atom. The normalized spacial score (nSPS) is 11.2. The molecule has 2 aromatic carbocycles. The van der Waals surface area contributed by atoms with Gasteiger partial charge in [-0.3, -0.25) is 0 Å². The molecule has 21 heavy (non-hydrogen) atoms. The van der Waals surface area contributed by atoms with Crippen molar-refractivity contribution in [3.05, 3.63) is 64.4 Å². The van der Waals surface area contributed by atoms with Crippen LogP contribution in [0.1, 0.15) is 23.9 Å². The Bertz CT molecular complexity index is 777. The Hall–Kier alpha value is -1.84. The van der Waals surface area contributed by atoms with Crippen LogP contribution < -0.4 is 5.73 Å². The molecule has 3 aromatic rings. The molecule has 0 atom stereocenters. The summed E-state index contributed by atoms with van der Waals surface area (Å²) in [5, 5.41) is 0.725. The number of nitrogens with two attached hydrogens (primary N) is 1. The van der Waals surface area contributed by atoms with E-state index in [1.54, 1.807) is 0 Å². The van der Waals surface area contributed by atoms with Gasteiger partial charge in [0.1, 0.15) is 5.82 Å². The van der Waals surface area contributed by atoms with E-state index in [-0.39, 0.29) is 0 Å². The number of para-hydroxylation sites is 2. The van der Waals surface area contributed by atoms with Gasteiger partial charge in [0.15, 0.2) is 0 Å². The fourth-order valence-corrected chi connectivity index (χ4v) is 2.94. The summed E-state index contributed by atoms with van der Waals surface area (Å²) in [5.74, 6) is 1.07. The molecule has 1 heterocycles. The number of halogens is 1. The second kappa shape index (κ2) is 5.88. The van der Waals surface area contributed by atoms with Gasteiger partial charge in [-0.15, -0.1) is 0 Å². The average Bonchev–Trinajstić information content (AvgIpc) is 2.86. The molecule has 3 nitrogen and oxygen atoms in total. The van der Waals surface area contributed by atoms with Gasteiger partial charge in [0, 0.05) is 24.5 Å². The van der Waals surface area contributed by atoms with Crippen LogP contribution >= 0.6 is 11.6 Å². The largest absolute Gasteiger partial charge is 0.328 e. The van der Waals surface area contributed by atoms with Crippen LogP contribution in [0, 0.1) is 0 Å². The van der Waals surface area contributed by atoms with E-state index in [4.69, 9.17) is 22.3 Å². The fraction of sp³-hybridized carbons (Fsp3) is 0.235. The summed E-state index contributed by atoms with van der Waals surface area (Å²) in [6, 6.07) is 14.1. The second-order valence-corrected chi connectivity index (χ2v) is 5.49. The van der Waals surface area contributed by atoms with Crippen LogP contribution in [0.15, 0.2) is 42.5 Å². The number of rotatable bonds is 4. The Labute approximate surface area is 129 Å². The van der Waals surface area contributed by atoms with Crippen LogP contribution in [0.25, 0.3) is 11.0 Å². The van der Waals surface area contributed by atoms with Crippen LogP contribution in [0.4, 0.5) is 0 Å². The van der Waals surface area contributed by atoms with E-state index in [0.29, 0.717) is 6.54 Å². The molecule has 108 valence electrons. The maximum absolute atomic E-state index is 6.04. The second-order valence-electron chi connectivity index (χ2n) is 5.05. The molecule has 0 aliphatic carbocycles. The molecule has 1 aromatic heterocycles. The highest BCUT2D eigenvalue weighted by molar-refractivity contribution is 6.30. The monoisotopic (exact) mass is 299 g/mol. The maximum Gasteiger partial charge on any atom is 0.114 e. The first-order valence-electron chi connectivity index (χ1n) is 7.14. The molecule has 0 fully saturated rings. The summed E-state index contributed by atoms with van der Waals surface area (Å²) >= 11 is 6.04. The predicted octanol–water partition coefficient (Wildman–Crippen LogP) is 3.76. The minimum atomic E-state index is 0.488. The highest BCUT2D eigenvalue weighted by Gasteiger charge is 2.11. The van der Waals surface area contributed by atoms with Crippen LogP contribution in [0.5, 0.6) is 0 Å². The predicted molar refractivity (Wildman–Crippen MR) is 87.6 cm³/mol. The van der Waals surface area contributed by atoms with Crippen molar-refractivity contribution in [2.24, 2.45) is 5.73 Å². The molecular formula is C17H18ClN3. The number of aryl methyl sites for hydroxylation is 1. The Kier molecular flexibility index (Phi) is 3.95. The first-order valence-corrected chi connectivity index (χ1v) is 7.52. The molecule has 0 radical (unpaired) electrons. The molecule has 0 aliphatic heterocycles. The van der Waals surface area contributed by atoms with Gasteiger partial charge in [-0.05, 0) is 42.3 Å². The average molecular weight is 300 g/mol. The topological polar surface area (TPSA) is 43.8 Å². The summed E-state index contributed by atoms with van der Waals surface area (Å²) in [6.45, 7) is 3.53. The summed E-state index contributed by atoms with van der Waals surface area (Å²) in [7, 11) is 0. The van der Waals surface area contributed by atoms with Gasteiger partial charge in [0.2, 0.25) is 0 Å². The number of hydrogen-bond acceptors (Lipinski definition) is 2. The summed E-state index contributed by atoms with van der Waals surface area (Å²) in [5.41, 5.74) is 10.3. The molecule has 0 saturated heterocycles. The van der Waals surface area contributed by atoms with Gasteiger partial charge in [0.05, 0.1) is 11.0 Å². The molecule has 0 amide bonds. The SMILES string of the molecule is CCn1c(Cc2ccc(Cl)cc2CN)nc2ccccc21. The summed E-state index contributed by atoms with van der Waals surface area (Å²) < 4.78 is 2.25. The van der Waals surface area contributed by atoms with Gasteiger partial charge in [-0.25, -0.2) is 4.98 Å². The van der Waals surface area contributed by atoms with Gasteiger partial charge in [0.25, 0.3) is 0 Å². The Balaban J connectivity index is 2.06. The molecule has 0 unspecified atom stereocenters. The van der Waals surface area contributed by atoms with Gasteiger partial charge < -0.3 is 10.3 Å². The van der Waals surface area contributed by atoms with E-state index < -0.39 is 0 Å². The van der Waals surface area contributed by atoms with E-state index in [1.165, 1.54) is 11.1 Å². The molecule has 0 aliphatic rings. The maximum atomic E-state index is 6.04. The molecule has 0 bridgehead atoms. The van der Waals surface area contributed by atoms with E-state index in [1.807, 2.05) is 30.3 Å². The first-order chi connectivity index (χ1) is 10.2. The zero-order valence-electron chi connectivity index (χ0n) is 12.0. The third-order valence-corrected chi connectivity index (χ3v) is 4.02. The van der Waals surface area contributed by atoms with Crippen LogP contribution in [-0.2, 0) is 19.5 Å². The Morgan fingerprint density at radius 3 is 2.71 bits per heavy atom. The zero-order valence-corrected chi connectivity index (χ0v) is 12.8. The summed E-state index contributed by atoms with van der Waals surface area (Å²) in [6.07, 6.45) is 0.770. The highest BCUT2D eigenvalue weighted by Crippen LogP contribution is 2.22. The van der Waals surface area contributed by atoms with Crippen molar-refractivity contribution in [1.82, 2.24) is 9.55 Å². The number of nitrogens with zero attached hydrogens (tertiary/aromatic N) is 2. The van der Waals surface area contributed by atoms with Crippen molar-refractivity contribution >= 4 is 22.6 Å². The molecule has 3 rings (SSSR count). The zero-order chi connectivity index (χ0) is 14.8. The molecule has 0 spiro atoms. The standard InChI is InChI=1S/C17H18ClN3/c1-2-21-16-6-4-3-5-15(16)20-17(21)10-12-7-8-14(18)9-13(12)11-19/h3-9H,2,10-11,19H2,1H3. The lowest BCUT2D eigenvalue weighted by Gasteiger charge is -2.10. The third-order valence-electron chi connectivity index (χ3n) is 3.79. The van der Waals surface area contributed by atoms with Gasteiger partial charge in [-0.2, -0.15) is 0 Å².